The van der Waals surface area contributed by atoms with Crippen molar-refractivity contribution in [2.75, 3.05) is 0 Å². The van der Waals surface area contributed by atoms with Gasteiger partial charge in [0, 0.05) is 23.7 Å². The second kappa shape index (κ2) is 10.6. The lowest BCUT2D eigenvalue weighted by atomic mass is 9.72. The van der Waals surface area contributed by atoms with Gasteiger partial charge in [0.1, 0.15) is 0 Å². The van der Waals surface area contributed by atoms with E-state index in [2.05, 4.69) is 32.1 Å². The van der Waals surface area contributed by atoms with Crippen LogP contribution in [0.25, 0.3) is 0 Å². The molecule has 192 valence electrons. The summed E-state index contributed by atoms with van der Waals surface area (Å²) in [6.45, 7) is 4.28. The summed E-state index contributed by atoms with van der Waals surface area (Å²) in [6, 6.07) is 0. The third-order valence-electron chi connectivity index (χ3n) is 9.04. The zero-order valence-electron chi connectivity index (χ0n) is 21.3. The minimum Gasteiger partial charge on any atom is -0.388 e. The van der Waals surface area contributed by atoms with Gasteiger partial charge in [-0.05, 0) is 59.8 Å². The van der Waals surface area contributed by atoms with E-state index in [0.29, 0.717) is 19.3 Å². The molecule has 5 rings (SSSR count). The Bertz CT molecular complexity index is 1080. The first-order chi connectivity index (χ1) is 17.3. The first-order valence-electron chi connectivity index (χ1n) is 13.6. The Labute approximate surface area is 215 Å². The number of aliphatic hydroxyl groups excluding tert-OH is 4. The van der Waals surface area contributed by atoms with Gasteiger partial charge >= 0.3 is 0 Å². The maximum atomic E-state index is 11.3. The summed E-state index contributed by atoms with van der Waals surface area (Å²) >= 11 is 0. The van der Waals surface area contributed by atoms with E-state index in [0.717, 1.165) is 28.7 Å². The van der Waals surface area contributed by atoms with E-state index in [1.807, 2.05) is 54.7 Å². The number of aliphatic hydroxyl groups is 4. The highest BCUT2D eigenvalue weighted by Crippen LogP contribution is 2.40. The summed E-state index contributed by atoms with van der Waals surface area (Å²) in [5, 5.41) is 45.2. The van der Waals surface area contributed by atoms with Crippen molar-refractivity contribution < 1.29 is 20.4 Å². The van der Waals surface area contributed by atoms with E-state index >= 15 is 0 Å². The summed E-state index contributed by atoms with van der Waals surface area (Å²) in [5.41, 5.74) is 3.88. The fraction of sp³-hybridized carbons (Fsp3) is 0.500. The van der Waals surface area contributed by atoms with Gasteiger partial charge in [-0.3, -0.25) is 0 Å². The Kier molecular flexibility index (Phi) is 7.50. The number of fused-ring (bicyclic) bond motifs is 8. The highest BCUT2D eigenvalue weighted by molar-refractivity contribution is 5.34. The van der Waals surface area contributed by atoms with Crippen molar-refractivity contribution in [3.63, 3.8) is 0 Å². The molecule has 0 saturated heterocycles. The molecule has 4 N–H and O–H groups in total. The summed E-state index contributed by atoms with van der Waals surface area (Å²) in [7, 11) is 0. The summed E-state index contributed by atoms with van der Waals surface area (Å²) in [6.07, 6.45) is 24.6. The lowest BCUT2D eigenvalue weighted by molar-refractivity contribution is 0.102. The summed E-state index contributed by atoms with van der Waals surface area (Å²) < 4.78 is 0. The van der Waals surface area contributed by atoms with Gasteiger partial charge in [0.05, 0.1) is 24.4 Å². The smallest absolute Gasteiger partial charge is 0.0821 e. The molecule has 0 heterocycles. The zero-order valence-corrected chi connectivity index (χ0v) is 21.3. The first kappa shape index (κ1) is 25.4. The van der Waals surface area contributed by atoms with E-state index in [1.54, 1.807) is 0 Å². The molecule has 0 amide bonds. The van der Waals surface area contributed by atoms with Gasteiger partial charge in [0.15, 0.2) is 0 Å². The number of allylic oxidation sites excluding steroid dienone is 8. The molecule has 0 aliphatic heterocycles. The normalized spacial score (nSPS) is 42.5. The van der Waals surface area contributed by atoms with Gasteiger partial charge in [-0.1, -0.05) is 86.8 Å². The van der Waals surface area contributed by atoms with E-state index in [9.17, 15) is 20.4 Å². The molecular weight excluding hydrogens is 448 g/mol. The molecule has 8 bridgehead atoms. The third-order valence-corrected chi connectivity index (χ3v) is 9.04. The minimum atomic E-state index is -0.638. The molecular formula is C32H40O4. The van der Waals surface area contributed by atoms with Crippen LogP contribution in [0.3, 0.4) is 0 Å². The molecule has 0 aromatic heterocycles. The molecule has 0 aromatic carbocycles. The van der Waals surface area contributed by atoms with Gasteiger partial charge in [-0.2, -0.15) is 0 Å². The van der Waals surface area contributed by atoms with Crippen molar-refractivity contribution >= 4 is 0 Å². The second-order valence-electron chi connectivity index (χ2n) is 11.5. The molecule has 5 aliphatic carbocycles. The Morgan fingerprint density at radius 1 is 0.556 bits per heavy atom. The standard InChI is InChI=1S/C32H40O4/c1-19-15-21-7-3-8-22(29(21)33)16-20(2)28-14-6-12-26(32(28)36)18-24-10-4-9-23(30(24)34)17-25-11-5-13-27(19)31(25)35/h3-14,19-21,24-25,28-36H,15-18H2,1-2H3. The van der Waals surface area contributed by atoms with E-state index in [4.69, 9.17) is 0 Å². The van der Waals surface area contributed by atoms with Gasteiger partial charge in [0.25, 0.3) is 0 Å². The maximum Gasteiger partial charge on any atom is 0.0821 e. The molecule has 10 atom stereocenters. The van der Waals surface area contributed by atoms with Crippen molar-refractivity contribution in [3.05, 3.63) is 95.2 Å². The van der Waals surface area contributed by atoms with Crippen molar-refractivity contribution in [2.24, 2.45) is 35.5 Å². The van der Waals surface area contributed by atoms with Crippen molar-refractivity contribution in [3.8, 4) is 0 Å². The Morgan fingerprint density at radius 2 is 1.06 bits per heavy atom. The topological polar surface area (TPSA) is 80.9 Å². The minimum absolute atomic E-state index is 0.0143. The first-order valence-corrected chi connectivity index (χ1v) is 13.6. The molecule has 10 unspecified atom stereocenters. The fourth-order valence-electron chi connectivity index (χ4n) is 6.81. The van der Waals surface area contributed by atoms with Gasteiger partial charge in [-0.25, -0.2) is 0 Å². The fourth-order valence-corrected chi connectivity index (χ4v) is 6.81. The molecule has 0 aromatic rings. The summed E-state index contributed by atoms with van der Waals surface area (Å²) in [5.74, 6) is -0.000179. The lowest BCUT2D eigenvalue weighted by Gasteiger charge is -2.37. The monoisotopic (exact) mass is 488 g/mol. The van der Waals surface area contributed by atoms with Crippen LogP contribution in [0.4, 0.5) is 0 Å². The lowest BCUT2D eigenvalue weighted by Crippen LogP contribution is -2.35. The Morgan fingerprint density at radius 3 is 1.75 bits per heavy atom. The van der Waals surface area contributed by atoms with Crippen molar-refractivity contribution in [1.29, 1.82) is 0 Å². The van der Waals surface area contributed by atoms with Crippen LogP contribution in [-0.2, 0) is 0 Å². The number of hydrogen-bond acceptors (Lipinski definition) is 4. The molecule has 36 heavy (non-hydrogen) atoms. The number of hydrogen-bond donors (Lipinski definition) is 4. The molecule has 4 nitrogen and oxygen atoms in total. The van der Waals surface area contributed by atoms with Crippen LogP contribution in [0.15, 0.2) is 95.2 Å². The predicted octanol–water partition coefficient (Wildman–Crippen LogP) is 4.73. The average Bonchev–Trinajstić information content (AvgIpc) is 2.85. The zero-order chi connectivity index (χ0) is 25.4. The molecule has 1 saturated carbocycles. The molecule has 1 fully saturated rings. The van der Waals surface area contributed by atoms with E-state index < -0.39 is 24.4 Å². The van der Waals surface area contributed by atoms with Crippen LogP contribution in [0, 0.1) is 35.5 Å². The Hall–Kier alpha value is -2.24. The molecule has 4 heteroatoms. The van der Waals surface area contributed by atoms with Crippen LogP contribution in [0.5, 0.6) is 0 Å². The average molecular weight is 489 g/mol. The van der Waals surface area contributed by atoms with Crippen molar-refractivity contribution in [2.45, 2.75) is 63.9 Å². The van der Waals surface area contributed by atoms with E-state index in [1.165, 1.54) is 0 Å². The number of rotatable bonds is 0. The quantitative estimate of drug-likeness (QED) is 0.398. The van der Waals surface area contributed by atoms with Crippen LogP contribution >= 0.6 is 0 Å². The molecule has 0 spiro atoms. The predicted molar refractivity (Wildman–Crippen MR) is 144 cm³/mol. The van der Waals surface area contributed by atoms with E-state index in [-0.39, 0.29) is 35.5 Å². The maximum absolute atomic E-state index is 11.3. The highest BCUT2D eigenvalue weighted by Gasteiger charge is 2.36. The molecule has 5 aliphatic rings. The second-order valence-corrected chi connectivity index (χ2v) is 11.5. The summed E-state index contributed by atoms with van der Waals surface area (Å²) in [4.78, 5) is 0. The largest absolute Gasteiger partial charge is 0.388 e. The highest BCUT2D eigenvalue weighted by atomic mass is 16.3. The van der Waals surface area contributed by atoms with Crippen LogP contribution < -0.4 is 0 Å². The third kappa shape index (κ3) is 4.97. The SMILES string of the molecule is CC1CC2C=CC=C(CC(C)C3C=CC=C(CC4C=CC=C(CC5C=CC=C1C5O)C4O)C3O)C2O. The van der Waals surface area contributed by atoms with Gasteiger partial charge < -0.3 is 20.4 Å². The van der Waals surface area contributed by atoms with Crippen molar-refractivity contribution in [1.82, 2.24) is 0 Å². The van der Waals surface area contributed by atoms with Gasteiger partial charge in [-0.15, -0.1) is 0 Å². The molecule has 0 radical (unpaired) electrons. The van der Waals surface area contributed by atoms with Gasteiger partial charge in [0.2, 0.25) is 0 Å². The van der Waals surface area contributed by atoms with Crippen LogP contribution in [0.2, 0.25) is 0 Å². The van der Waals surface area contributed by atoms with Crippen LogP contribution in [0.1, 0.15) is 39.5 Å². The van der Waals surface area contributed by atoms with Crippen LogP contribution in [-0.4, -0.2) is 44.8 Å². The Balaban J connectivity index is 1.47.